The number of nitrogens with one attached hydrogen (secondary N) is 1. The van der Waals surface area contributed by atoms with Gasteiger partial charge in [0.05, 0.1) is 18.8 Å². The van der Waals surface area contributed by atoms with Gasteiger partial charge in [0.25, 0.3) is 0 Å². The fourth-order valence-electron chi connectivity index (χ4n) is 0.432. The molecule has 0 fully saturated rings. The summed E-state index contributed by atoms with van der Waals surface area (Å²) in [6.07, 6.45) is 0. The number of aliphatic hydroxyl groups is 1. The van der Waals surface area contributed by atoms with Gasteiger partial charge in [-0.3, -0.25) is 11.3 Å². The molecule has 4 N–H and O–H groups in total. The molecule has 0 aliphatic rings. The SMILES string of the molecule is CC(C)(CO)OCCNN. The highest BCUT2D eigenvalue weighted by Crippen LogP contribution is 2.05. The molecule has 0 amide bonds. The second kappa shape index (κ2) is 4.62. The summed E-state index contributed by atoms with van der Waals surface area (Å²) in [4.78, 5) is 0. The summed E-state index contributed by atoms with van der Waals surface area (Å²) in [6, 6.07) is 0. The third kappa shape index (κ3) is 4.69. The molecule has 0 aromatic carbocycles. The molecule has 10 heavy (non-hydrogen) atoms. The first-order valence-corrected chi connectivity index (χ1v) is 3.30. The van der Waals surface area contributed by atoms with Crippen LogP contribution in [0.4, 0.5) is 0 Å². The van der Waals surface area contributed by atoms with Crippen LogP contribution in [0, 0.1) is 0 Å². The van der Waals surface area contributed by atoms with Gasteiger partial charge in [-0.15, -0.1) is 0 Å². The Bertz CT molecular complexity index is 85.8. The highest BCUT2D eigenvalue weighted by Gasteiger charge is 2.15. The zero-order valence-corrected chi connectivity index (χ0v) is 6.55. The van der Waals surface area contributed by atoms with Gasteiger partial charge >= 0.3 is 0 Å². The summed E-state index contributed by atoms with van der Waals surface area (Å²) < 4.78 is 5.23. The van der Waals surface area contributed by atoms with Gasteiger partial charge in [-0.2, -0.15) is 0 Å². The molecule has 4 heteroatoms. The molecule has 62 valence electrons. The smallest absolute Gasteiger partial charge is 0.0856 e. The molecular weight excluding hydrogens is 132 g/mol. The predicted molar refractivity (Wildman–Crippen MR) is 39.3 cm³/mol. The fraction of sp³-hybridized carbons (Fsp3) is 1.00. The molecule has 0 spiro atoms. The minimum absolute atomic E-state index is 0.0254. The first-order valence-electron chi connectivity index (χ1n) is 3.30. The van der Waals surface area contributed by atoms with Gasteiger partial charge in [-0.25, -0.2) is 0 Å². The van der Waals surface area contributed by atoms with E-state index in [0.29, 0.717) is 13.2 Å². The van der Waals surface area contributed by atoms with E-state index in [4.69, 9.17) is 15.7 Å². The molecule has 0 saturated heterocycles. The Labute approximate surface area is 61.3 Å². The number of ether oxygens (including phenoxy) is 1. The molecule has 0 aromatic rings. The Hall–Kier alpha value is -0.160. The van der Waals surface area contributed by atoms with E-state index >= 15 is 0 Å². The summed E-state index contributed by atoms with van der Waals surface area (Å²) in [5.41, 5.74) is 2.01. The maximum absolute atomic E-state index is 8.72. The van der Waals surface area contributed by atoms with Crippen molar-refractivity contribution in [2.75, 3.05) is 19.8 Å². The Balaban J connectivity index is 3.28. The summed E-state index contributed by atoms with van der Waals surface area (Å²) in [6.45, 7) is 4.79. The second-order valence-electron chi connectivity index (χ2n) is 2.72. The largest absolute Gasteiger partial charge is 0.393 e. The first-order chi connectivity index (χ1) is 4.62. The van der Waals surface area contributed by atoms with E-state index < -0.39 is 5.60 Å². The Morgan fingerprint density at radius 2 is 2.20 bits per heavy atom. The molecule has 0 aromatic heterocycles. The van der Waals surface area contributed by atoms with Gasteiger partial charge in [-0.05, 0) is 13.8 Å². The van der Waals surface area contributed by atoms with Crippen molar-refractivity contribution in [2.45, 2.75) is 19.4 Å². The number of hydrazine groups is 1. The Morgan fingerprint density at radius 1 is 1.60 bits per heavy atom. The normalized spacial score (nSPS) is 12.0. The van der Waals surface area contributed by atoms with Crippen molar-refractivity contribution in [1.82, 2.24) is 5.43 Å². The molecule has 0 rings (SSSR count). The van der Waals surface area contributed by atoms with Crippen LogP contribution in [0.3, 0.4) is 0 Å². The monoisotopic (exact) mass is 148 g/mol. The van der Waals surface area contributed by atoms with E-state index in [1.807, 2.05) is 13.8 Å². The van der Waals surface area contributed by atoms with Crippen LogP contribution in [0.5, 0.6) is 0 Å². The van der Waals surface area contributed by atoms with E-state index in [1.54, 1.807) is 0 Å². The van der Waals surface area contributed by atoms with Crippen LogP contribution in [0.2, 0.25) is 0 Å². The molecule has 4 nitrogen and oxygen atoms in total. The van der Waals surface area contributed by atoms with Crippen molar-refractivity contribution in [1.29, 1.82) is 0 Å². The molecular formula is C6H16N2O2. The molecule has 0 aliphatic carbocycles. The van der Waals surface area contributed by atoms with E-state index in [1.165, 1.54) is 0 Å². The van der Waals surface area contributed by atoms with Crippen molar-refractivity contribution in [3.8, 4) is 0 Å². The maximum atomic E-state index is 8.72. The van der Waals surface area contributed by atoms with E-state index in [9.17, 15) is 0 Å². The van der Waals surface area contributed by atoms with Crippen LogP contribution >= 0.6 is 0 Å². The van der Waals surface area contributed by atoms with Crippen LogP contribution < -0.4 is 11.3 Å². The molecule has 0 saturated carbocycles. The van der Waals surface area contributed by atoms with Crippen molar-refractivity contribution >= 4 is 0 Å². The molecule has 0 unspecified atom stereocenters. The summed E-state index contributed by atoms with van der Waals surface area (Å²) >= 11 is 0. The highest BCUT2D eigenvalue weighted by molar-refractivity contribution is 4.65. The molecule has 0 bridgehead atoms. The summed E-state index contributed by atoms with van der Waals surface area (Å²) in [5.74, 6) is 5.01. The zero-order valence-electron chi connectivity index (χ0n) is 6.55. The second-order valence-corrected chi connectivity index (χ2v) is 2.72. The molecule has 0 atom stereocenters. The topological polar surface area (TPSA) is 67.5 Å². The van der Waals surface area contributed by atoms with Crippen molar-refractivity contribution in [3.63, 3.8) is 0 Å². The lowest BCUT2D eigenvalue weighted by atomic mass is 10.1. The maximum Gasteiger partial charge on any atom is 0.0856 e. The summed E-state index contributed by atoms with van der Waals surface area (Å²) in [7, 11) is 0. The zero-order chi connectivity index (χ0) is 8.04. The minimum atomic E-state index is -0.448. The Morgan fingerprint density at radius 3 is 2.60 bits per heavy atom. The predicted octanol–water partition coefficient (Wildman–Crippen LogP) is -0.763. The van der Waals surface area contributed by atoms with Gasteiger partial charge in [0.2, 0.25) is 0 Å². The Kier molecular flexibility index (Phi) is 4.55. The number of aliphatic hydroxyl groups excluding tert-OH is 1. The van der Waals surface area contributed by atoms with Gasteiger partial charge in [-0.1, -0.05) is 0 Å². The van der Waals surface area contributed by atoms with Gasteiger partial charge in [0.15, 0.2) is 0 Å². The standard InChI is InChI=1S/C6H16N2O2/c1-6(2,5-9)10-4-3-8-7/h8-9H,3-5,7H2,1-2H3. The third-order valence-electron chi connectivity index (χ3n) is 1.12. The highest BCUT2D eigenvalue weighted by atomic mass is 16.5. The third-order valence-corrected chi connectivity index (χ3v) is 1.12. The van der Waals surface area contributed by atoms with E-state index in [-0.39, 0.29) is 6.61 Å². The first kappa shape index (κ1) is 9.84. The average molecular weight is 148 g/mol. The van der Waals surface area contributed by atoms with Gasteiger partial charge < -0.3 is 9.84 Å². The number of hydrogen-bond acceptors (Lipinski definition) is 4. The average Bonchev–Trinajstić information content (AvgIpc) is 1.89. The van der Waals surface area contributed by atoms with Gasteiger partial charge in [0.1, 0.15) is 0 Å². The van der Waals surface area contributed by atoms with Crippen LogP contribution in [0.1, 0.15) is 13.8 Å². The fourth-order valence-corrected chi connectivity index (χ4v) is 0.432. The molecule has 0 aliphatic heterocycles. The minimum Gasteiger partial charge on any atom is -0.393 e. The van der Waals surface area contributed by atoms with Crippen molar-refractivity contribution in [2.24, 2.45) is 5.84 Å². The lowest BCUT2D eigenvalue weighted by Gasteiger charge is -2.22. The number of hydrogen-bond donors (Lipinski definition) is 3. The molecule has 0 heterocycles. The molecule has 0 radical (unpaired) electrons. The number of rotatable bonds is 5. The lowest BCUT2D eigenvalue weighted by Crippen LogP contribution is -2.34. The van der Waals surface area contributed by atoms with Crippen LogP contribution in [-0.2, 0) is 4.74 Å². The van der Waals surface area contributed by atoms with Gasteiger partial charge in [0, 0.05) is 6.54 Å². The van der Waals surface area contributed by atoms with Crippen LogP contribution in [0.25, 0.3) is 0 Å². The van der Waals surface area contributed by atoms with Crippen LogP contribution in [0.15, 0.2) is 0 Å². The number of nitrogens with two attached hydrogens (primary N) is 1. The van der Waals surface area contributed by atoms with E-state index in [0.717, 1.165) is 0 Å². The summed E-state index contributed by atoms with van der Waals surface area (Å²) in [5, 5.41) is 8.72. The lowest BCUT2D eigenvalue weighted by molar-refractivity contribution is -0.0517. The van der Waals surface area contributed by atoms with E-state index in [2.05, 4.69) is 5.43 Å². The van der Waals surface area contributed by atoms with Crippen molar-refractivity contribution in [3.05, 3.63) is 0 Å². The van der Waals surface area contributed by atoms with Crippen molar-refractivity contribution < 1.29 is 9.84 Å². The quantitative estimate of drug-likeness (QED) is 0.272. The van der Waals surface area contributed by atoms with Crippen LogP contribution in [-0.4, -0.2) is 30.5 Å².